The zero-order valence-electron chi connectivity index (χ0n) is 10.8. The number of thioether (sulfide) groups is 1. The van der Waals surface area contributed by atoms with E-state index in [4.69, 9.17) is 4.74 Å². The summed E-state index contributed by atoms with van der Waals surface area (Å²) in [6.45, 7) is 3.93. The number of benzene rings is 1. The van der Waals surface area contributed by atoms with Gasteiger partial charge in [0.25, 0.3) is 0 Å². The van der Waals surface area contributed by atoms with Gasteiger partial charge in [0.2, 0.25) is 0 Å². The molecule has 0 saturated heterocycles. The average molecular weight is 261 g/mol. The van der Waals surface area contributed by atoms with Crippen molar-refractivity contribution in [2.24, 2.45) is 0 Å². The highest BCUT2D eigenvalue weighted by Crippen LogP contribution is 2.34. The molecule has 2 atom stereocenters. The maximum absolute atomic E-state index is 11.4. The van der Waals surface area contributed by atoms with Crippen molar-refractivity contribution in [2.45, 2.75) is 30.4 Å². The lowest BCUT2D eigenvalue weighted by atomic mass is 9.90. The predicted octanol–water partition coefficient (Wildman–Crippen LogP) is 3.86. The summed E-state index contributed by atoms with van der Waals surface area (Å²) in [6, 6.07) is 7.95. The minimum Gasteiger partial charge on any atom is -0.478 e. The Morgan fingerprint density at radius 3 is 2.72 bits per heavy atom. The highest BCUT2D eigenvalue weighted by Gasteiger charge is 2.29. The molecule has 0 amide bonds. The van der Waals surface area contributed by atoms with Gasteiger partial charge in [0.15, 0.2) is 0 Å². The Hall–Kier alpha value is -1.19. The third-order valence-corrected chi connectivity index (χ3v) is 3.97. The summed E-state index contributed by atoms with van der Waals surface area (Å²) in [5.74, 6) is 0.856. The van der Waals surface area contributed by atoms with Crippen LogP contribution in [0.5, 0.6) is 5.75 Å². The van der Waals surface area contributed by atoms with E-state index >= 15 is 0 Å². The van der Waals surface area contributed by atoms with Gasteiger partial charge in [0, 0.05) is 4.90 Å². The zero-order chi connectivity index (χ0) is 13.2. The van der Waals surface area contributed by atoms with Gasteiger partial charge in [0.1, 0.15) is 17.5 Å². The van der Waals surface area contributed by atoms with E-state index in [2.05, 4.69) is 0 Å². The molecule has 3 heteroatoms. The average Bonchev–Trinajstić information content (AvgIpc) is 2.35. The normalized spacial score (nSPS) is 26.9. The van der Waals surface area contributed by atoms with Crippen molar-refractivity contribution in [2.75, 3.05) is 6.26 Å². The van der Waals surface area contributed by atoms with E-state index in [1.54, 1.807) is 23.9 Å². The van der Waals surface area contributed by atoms with Gasteiger partial charge in [-0.25, -0.2) is 5.11 Å². The number of hydrogen-bond donors (Lipinski definition) is 0. The summed E-state index contributed by atoms with van der Waals surface area (Å²) in [5.41, 5.74) is 0.438. The first-order valence-electron chi connectivity index (χ1n) is 5.91. The first kappa shape index (κ1) is 13.2. The molecule has 0 heterocycles. The van der Waals surface area contributed by atoms with Crippen molar-refractivity contribution >= 4 is 11.8 Å². The number of hydrogen-bond acceptors (Lipinski definition) is 2. The molecule has 2 unspecified atom stereocenters. The number of para-hydroxylation sites is 1. The maximum Gasteiger partial charge on any atom is 0.145 e. The van der Waals surface area contributed by atoms with Crippen molar-refractivity contribution in [1.82, 2.24) is 0 Å². The molecule has 2 nitrogen and oxygen atoms in total. The quantitative estimate of drug-likeness (QED) is 0.610. The molecule has 1 aromatic rings. The molecular formula is C15H17O2S. The maximum atomic E-state index is 11.4. The fourth-order valence-electron chi connectivity index (χ4n) is 1.92. The minimum atomic E-state index is -0.752. The molecule has 0 bridgehead atoms. The van der Waals surface area contributed by atoms with Crippen LogP contribution >= 0.6 is 11.8 Å². The molecule has 1 radical (unpaired) electrons. The van der Waals surface area contributed by atoms with Crippen LogP contribution in [0.4, 0.5) is 0 Å². The third-order valence-electron chi connectivity index (χ3n) is 3.19. The highest BCUT2D eigenvalue weighted by atomic mass is 32.2. The Labute approximate surface area is 112 Å². The first-order chi connectivity index (χ1) is 8.55. The fraction of sp³-hybridized carbons (Fsp3) is 0.333. The van der Waals surface area contributed by atoms with Gasteiger partial charge < -0.3 is 4.74 Å². The molecule has 1 aromatic carbocycles. The second-order valence-electron chi connectivity index (χ2n) is 4.53. The molecule has 95 valence electrons. The van der Waals surface area contributed by atoms with Crippen LogP contribution in [0.3, 0.4) is 0 Å². The van der Waals surface area contributed by atoms with E-state index in [1.807, 2.05) is 50.4 Å². The molecule has 18 heavy (non-hydrogen) atoms. The molecule has 2 rings (SSSR count). The summed E-state index contributed by atoms with van der Waals surface area (Å²) in [5, 5.41) is 11.4. The smallest absolute Gasteiger partial charge is 0.145 e. The Morgan fingerprint density at radius 2 is 2.06 bits per heavy atom. The molecule has 0 N–H and O–H groups in total. The van der Waals surface area contributed by atoms with Crippen molar-refractivity contribution in [3.63, 3.8) is 0 Å². The van der Waals surface area contributed by atoms with Crippen LogP contribution in [-0.4, -0.2) is 18.0 Å². The van der Waals surface area contributed by atoms with E-state index in [0.717, 1.165) is 16.2 Å². The molecule has 1 aliphatic rings. The van der Waals surface area contributed by atoms with Gasteiger partial charge in [-0.3, -0.25) is 0 Å². The topological polar surface area (TPSA) is 29.1 Å². The summed E-state index contributed by atoms with van der Waals surface area (Å²) in [7, 11) is 0. The van der Waals surface area contributed by atoms with Crippen LogP contribution in [-0.2, 0) is 5.11 Å². The minimum absolute atomic E-state index is 0.521. The van der Waals surface area contributed by atoms with E-state index in [-0.39, 0.29) is 0 Å². The van der Waals surface area contributed by atoms with Crippen LogP contribution < -0.4 is 4.74 Å². The molecular weight excluding hydrogens is 244 g/mol. The van der Waals surface area contributed by atoms with E-state index in [1.165, 1.54) is 0 Å². The van der Waals surface area contributed by atoms with Gasteiger partial charge in [-0.15, -0.1) is 11.8 Å². The van der Waals surface area contributed by atoms with E-state index in [9.17, 15) is 5.11 Å². The lowest BCUT2D eigenvalue weighted by Crippen LogP contribution is -2.34. The monoisotopic (exact) mass is 261 g/mol. The van der Waals surface area contributed by atoms with E-state index < -0.39 is 11.7 Å². The second kappa shape index (κ2) is 5.21. The zero-order valence-corrected chi connectivity index (χ0v) is 11.7. The van der Waals surface area contributed by atoms with Gasteiger partial charge in [-0.05, 0) is 56.0 Å². The Morgan fingerprint density at radius 1 is 1.33 bits per heavy atom. The first-order valence-corrected chi connectivity index (χ1v) is 7.14. The predicted molar refractivity (Wildman–Crippen MR) is 74.6 cm³/mol. The summed E-state index contributed by atoms with van der Waals surface area (Å²) >= 11 is 1.65. The Balaban J connectivity index is 2.28. The van der Waals surface area contributed by atoms with Crippen LogP contribution in [0, 0.1) is 0 Å². The van der Waals surface area contributed by atoms with Crippen molar-refractivity contribution < 1.29 is 9.84 Å². The highest BCUT2D eigenvalue weighted by molar-refractivity contribution is 7.98. The van der Waals surface area contributed by atoms with Crippen molar-refractivity contribution in [3.05, 3.63) is 48.1 Å². The Bertz CT molecular complexity index is 493. The summed E-state index contributed by atoms with van der Waals surface area (Å²) in [4.78, 5) is 1.10. The molecule has 0 saturated carbocycles. The molecule has 0 spiro atoms. The fourth-order valence-corrected chi connectivity index (χ4v) is 2.45. The standard InChI is InChI=1S/C15H17O2S/c1-11-10-12(16)8-9-15(11,2)17-13-6-4-5-7-14(13)18-3/h4-10,12H,1-3H3. The Kier molecular flexibility index (Phi) is 3.83. The lowest BCUT2D eigenvalue weighted by Gasteiger charge is -2.32. The largest absolute Gasteiger partial charge is 0.478 e. The van der Waals surface area contributed by atoms with Crippen molar-refractivity contribution in [3.8, 4) is 5.75 Å². The number of rotatable bonds is 3. The summed E-state index contributed by atoms with van der Waals surface area (Å²) < 4.78 is 6.11. The van der Waals surface area contributed by atoms with Gasteiger partial charge in [-0.2, -0.15) is 0 Å². The molecule has 0 aromatic heterocycles. The van der Waals surface area contributed by atoms with Crippen molar-refractivity contribution in [1.29, 1.82) is 0 Å². The van der Waals surface area contributed by atoms with Crippen LogP contribution in [0.1, 0.15) is 13.8 Å². The van der Waals surface area contributed by atoms with Crippen LogP contribution in [0.15, 0.2) is 53.0 Å². The molecule has 1 aliphatic carbocycles. The van der Waals surface area contributed by atoms with Crippen LogP contribution in [0.25, 0.3) is 0 Å². The summed E-state index contributed by atoms with van der Waals surface area (Å²) in [6.07, 6.45) is 6.49. The SMILES string of the molecule is CSc1ccccc1OC1(C)C=CC([O])C=C1C. The van der Waals surface area contributed by atoms with Crippen LogP contribution in [0.2, 0.25) is 0 Å². The second-order valence-corrected chi connectivity index (χ2v) is 5.38. The van der Waals surface area contributed by atoms with E-state index in [0.29, 0.717) is 0 Å². The molecule has 0 fully saturated rings. The van der Waals surface area contributed by atoms with Gasteiger partial charge in [0.05, 0.1) is 0 Å². The number of ether oxygens (including phenoxy) is 1. The third kappa shape index (κ3) is 2.62. The molecule has 0 aliphatic heterocycles. The van der Waals surface area contributed by atoms with Gasteiger partial charge >= 0.3 is 0 Å². The van der Waals surface area contributed by atoms with Gasteiger partial charge in [-0.1, -0.05) is 12.1 Å². The lowest BCUT2D eigenvalue weighted by molar-refractivity contribution is 0.139.